The number of hydrogen-bond donors (Lipinski definition) is 1. The minimum Gasteiger partial charge on any atom is -0.454 e. The van der Waals surface area contributed by atoms with Crippen molar-refractivity contribution in [2.24, 2.45) is 0 Å². The number of aromatic nitrogens is 2. The molecule has 2 heterocycles. The molecular formula is C18H23N3O3S. The highest BCUT2D eigenvalue weighted by Gasteiger charge is 2.16. The van der Waals surface area contributed by atoms with Crippen molar-refractivity contribution in [3.05, 3.63) is 29.6 Å². The Bertz CT molecular complexity index is 773. The number of amides is 1. The quantitative estimate of drug-likeness (QED) is 0.761. The van der Waals surface area contributed by atoms with Crippen LogP contribution >= 0.6 is 11.8 Å². The Balaban J connectivity index is 1.60. The zero-order chi connectivity index (χ0) is 17.8. The standard InChI is InChI=1S/C18H23N3O3S/c1-4-5-8-21-13(3)12(2)19-18(21)25-10-17(22)20-14-6-7-15-16(9-14)24-11-23-15/h6-7,9H,4-5,8,10-11H2,1-3H3,(H,20,22). The summed E-state index contributed by atoms with van der Waals surface area (Å²) in [6.45, 7) is 7.42. The smallest absolute Gasteiger partial charge is 0.234 e. The van der Waals surface area contributed by atoms with Gasteiger partial charge in [0.1, 0.15) is 0 Å². The van der Waals surface area contributed by atoms with Crippen molar-refractivity contribution in [3.8, 4) is 11.5 Å². The summed E-state index contributed by atoms with van der Waals surface area (Å²) in [5, 5.41) is 3.80. The van der Waals surface area contributed by atoms with Crippen molar-refractivity contribution in [2.75, 3.05) is 17.9 Å². The van der Waals surface area contributed by atoms with Crippen LogP contribution in [-0.4, -0.2) is 28.0 Å². The van der Waals surface area contributed by atoms with Crippen molar-refractivity contribution in [1.29, 1.82) is 0 Å². The maximum atomic E-state index is 12.3. The van der Waals surface area contributed by atoms with Crippen LogP contribution in [0, 0.1) is 13.8 Å². The van der Waals surface area contributed by atoms with E-state index in [0.29, 0.717) is 22.9 Å². The van der Waals surface area contributed by atoms with E-state index in [0.717, 1.165) is 30.2 Å². The third-order valence-electron chi connectivity index (χ3n) is 4.15. The minimum atomic E-state index is -0.0655. The van der Waals surface area contributed by atoms with Crippen molar-refractivity contribution >= 4 is 23.4 Å². The first-order valence-electron chi connectivity index (χ1n) is 8.44. The predicted octanol–water partition coefficient (Wildman–Crippen LogP) is 3.76. The molecule has 0 radical (unpaired) electrons. The van der Waals surface area contributed by atoms with Crippen LogP contribution in [0.1, 0.15) is 31.2 Å². The summed E-state index contributed by atoms with van der Waals surface area (Å²) in [5.74, 6) is 1.61. The van der Waals surface area contributed by atoms with Gasteiger partial charge in [0, 0.05) is 24.0 Å². The van der Waals surface area contributed by atoms with Crippen LogP contribution in [0.3, 0.4) is 0 Å². The van der Waals surface area contributed by atoms with Crippen LogP contribution in [0.25, 0.3) is 0 Å². The summed E-state index contributed by atoms with van der Waals surface area (Å²) in [6, 6.07) is 5.39. The van der Waals surface area contributed by atoms with Crippen LogP contribution in [0.15, 0.2) is 23.4 Å². The largest absolute Gasteiger partial charge is 0.454 e. The number of fused-ring (bicyclic) bond motifs is 1. The molecule has 3 rings (SSSR count). The van der Waals surface area contributed by atoms with Crippen molar-refractivity contribution in [2.45, 2.75) is 45.3 Å². The second kappa shape index (κ2) is 7.82. The Hall–Kier alpha value is -2.15. The number of aryl methyl sites for hydroxylation is 1. The van der Waals surface area contributed by atoms with Gasteiger partial charge in [-0.25, -0.2) is 4.98 Å². The number of anilines is 1. The number of ether oxygens (including phenoxy) is 2. The fourth-order valence-corrected chi connectivity index (χ4v) is 3.53. The Morgan fingerprint density at radius 2 is 2.12 bits per heavy atom. The molecular weight excluding hydrogens is 338 g/mol. The highest BCUT2D eigenvalue weighted by molar-refractivity contribution is 7.99. The van der Waals surface area contributed by atoms with Crippen LogP contribution in [0.4, 0.5) is 5.69 Å². The summed E-state index contributed by atoms with van der Waals surface area (Å²) in [4.78, 5) is 16.9. The third kappa shape index (κ3) is 4.10. The molecule has 25 heavy (non-hydrogen) atoms. The summed E-state index contributed by atoms with van der Waals surface area (Å²) < 4.78 is 12.8. The molecule has 1 amide bonds. The van der Waals surface area contributed by atoms with Crippen LogP contribution < -0.4 is 14.8 Å². The summed E-state index contributed by atoms with van der Waals surface area (Å²) in [5.41, 5.74) is 2.90. The van der Waals surface area contributed by atoms with Crippen molar-refractivity contribution < 1.29 is 14.3 Å². The first-order chi connectivity index (χ1) is 12.1. The number of carbonyl (C=O) groups is 1. The number of hydrogen-bond acceptors (Lipinski definition) is 5. The van der Waals surface area contributed by atoms with E-state index in [4.69, 9.17) is 9.47 Å². The number of benzene rings is 1. The molecule has 0 fully saturated rings. The molecule has 2 aromatic rings. The van der Waals surface area contributed by atoms with Crippen LogP contribution in [0.5, 0.6) is 11.5 Å². The molecule has 1 aromatic carbocycles. The Kier molecular flexibility index (Phi) is 5.53. The Morgan fingerprint density at radius 1 is 1.32 bits per heavy atom. The lowest BCUT2D eigenvalue weighted by Crippen LogP contribution is -2.14. The van der Waals surface area contributed by atoms with Gasteiger partial charge in [0.25, 0.3) is 0 Å². The number of unbranched alkanes of at least 4 members (excludes halogenated alkanes) is 1. The molecule has 1 N–H and O–H groups in total. The number of imidazole rings is 1. The maximum Gasteiger partial charge on any atom is 0.234 e. The fraction of sp³-hybridized carbons (Fsp3) is 0.444. The summed E-state index contributed by atoms with van der Waals surface area (Å²) in [6.07, 6.45) is 2.24. The van der Waals surface area contributed by atoms with Crippen LogP contribution in [0.2, 0.25) is 0 Å². The summed E-state index contributed by atoms with van der Waals surface area (Å²) >= 11 is 1.47. The van der Waals surface area contributed by atoms with Gasteiger partial charge < -0.3 is 19.4 Å². The topological polar surface area (TPSA) is 65.4 Å². The molecule has 0 aliphatic carbocycles. The molecule has 0 spiro atoms. The monoisotopic (exact) mass is 361 g/mol. The SMILES string of the molecule is CCCCn1c(SCC(=O)Nc2ccc3c(c2)OCO3)nc(C)c1C. The zero-order valence-corrected chi connectivity index (χ0v) is 15.6. The maximum absolute atomic E-state index is 12.3. The van der Waals surface area contributed by atoms with E-state index in [-0.39, 0.29) is 12.7 Å². The molecule has 0 saturated heterocycles. The molecule has 1 aromatic heterocycles. The van der Waals surface area contributed by atoms with Gasteiger partial charge in [0.2, 0.25) is 12.7 Å². The molecule has 6 nitrogen and oxygen atoms in total. The summed E-state index contributed by atoms with van der Waals surface area (Å²) in [7, 11) is 0. The van der Waals surface area contributed by atoms with Crippen molar-refractivity contribution in [3.63, 3.8) is 0 Å². The number of nitrogens with zero attached hydrogens (tertiary/aromatic N) is 2. The van der Waals surface area contributed by atoms with Gasteiger partial charge in [-0.15, -0.1) is 0 Å². The molecule has 0 bridgehead atoms. The molecule has 0 unspecified atom stereocenters. The molecule has 0 atom stereocenters. The molecule has 1 aliphatic rings. The lowest BCUT2D eigenvalue weighted by molar-refractivity contribution is -0.113. The highest BCUT2D eigenvalue weighted by Crippen LogP contribution is 2.34. The van der Waals surface area contributed by atoms with Crippen LogP contribution in [-0.2, 0) is 11.3 Å². The highest BCUT2D eigenvalue weighted by atomic mass is 32.2. The minimum absolute atomic E-state index is 0.0655. The van der Waals surface area contributed by atoms with Gasteiger partial charge >= 0.3 is 0 Å². The normalized spacial score (nSPS) is 12.4. The first-order valence-corrected chi connectivity index (χ1v) is 9.43. The van der Waals surface area contributed by atoms with Gasteiger partial charge in [0.05, 0.1) is 11.4 Å². The molecule has 7 heteroatoms. The van der Waals surface area contributed by atoms with E-state index >= 15 is 0 Å². The van der Waals surface area contributed by atoms with E-state index in [1.165, 1.54) is 17.5 Å². The lowest BCUT2D eigenvalue weighted by atomic mass is 10.3. The number of carbonyl (C=O) groups excluding carboxylic acids is 1. The molecule has 0 saturated carbocycles. The Morgan fingerprint density at radius 3 is 2.92 bits per heavy atom. The number of thioether (sulfide) groups is 1. The third-order valence-corrected chi connectivity index (χ3v) is 5.12. The second-order valence-electron chi connectivity index (χ2n) is 5.98. The van der Waals surface area contributed by atoms with E-state index in [9.17, 15) is 4.79 Å². The fourth-order valence-electron chi connectivity index (χ4n) is 2.61. The van der Waals surface area contributed by atoms with E-state index in [2.05, 4.69) is 28.7 Å². The average Bonchev–Trinajstić information content (AvgIpc) is 3.16. The number of nitrogens with one attached hydrogen (secondary N) is 1. The van der Waals surface area contributed by atoms with Gasteiger partial charge in [-0.1, -0.05) is 25.1 Å². The first kappa shape index (κ1) is 17.7. The van der Waals surface area contributed by atoms with E-state index in [1.54, 1.807) is 12.1 Å². The van der Waals surface area contributed by atoms with E-state index < -0.39 is 0 Å². The Labute approximate surface area is 151 Å². The molecule has 1 aliphatic heterocycles. The zero-order valence-electron chi connectivity index (χ0n) is 14.8. The predicted molar refractivity (Wildman–Crippen MR) is 98.5 cm³/mol. The van der Waals surface area contributed by atoms with Gasteiger partial charge in [-0.2, -0.15) is 0 Å². The van der Waals surface area contributed by atoms with Gasteiger partial charge in [0.15, 0.2) is 16.7 Å². The van der Waals surface area contributed by atoms with Crippen molar-refractivity contribution in [1.82, 2.24) is 9.55 Å². The van der Waals surface area contributed by atoms with Gasteiger partial charge in [-0.3, -0.25) is 4.79 Å². The number of rotatable bonds is 7. The average molecular weight is 361 g/mol. The second-order valence-corrected chi connectivity index (χ2v) is 6.92. The van der Waals surface area contributed by atoms with Gasteiger partial charge in [-0.05, 0) is 32.4 Å². The van der Waals surface area contributed by atoms with E-state index in [1.807, 2.05) is 13.0 Å². The molecule has 134 valence electrons. The lowest BCUT2D eigenvalue weighted by Gasteiger charge is -2.09.